The Kier molecular flexibility index (Phi) is 11.7. The average molecular weight is 716 g/mol. The Balaban J connectivity index is 0.000000377. The van der Waals surface area contributed by atoms with Crippen LogP contribution < -0.4 is 10.6 Å². The molecule has 0 aliphatic carbocycles. The first-order chi connectivity index (χ1) is 23.8. The van der Waals surface area contributed by atoms with Gasteiger partial charge in [0.15, 0.2) is 0 Å². The number of ether oxygens (including phenoxy) is 2. The first kappa shape index (κ1) is 36.7. The normalized spacial score (nSPS) is 18.2. The van der Waals surface area contributed by atoms with Crippen LogP contribution in [0.4, 0.5) is 19.5 Å². The number of anilines is 1. The predicted molar refractivity (Wildman–Crippen MR) is 177 cm³/mol. The van der Waals surface area contributed by atoms with Crippen LogP contribution in [0.2, 0.25) is 0 Å². The lowest BCUT2D eigenvalue weighted by molar-refractivity contribution is -0.0147. The largest absolute Gasteiger partial charge is 0.447 e. The summed E-state index contributed by atoms with van der Waals surface area (Å²) in [7, 11) is -4.02. The third kappa shape index (κ3) is 9.56. The van der Waals surface area contributed by atoms with E-state index in [-0.39, 0.29) is 41.3 Å². The van der Waals surface area contributed by atoms with Gasteiger partial charge in [0, 0.05) is 50.5 Å². The average Bonchev–Trinajstić information content (AvgIpc) is 3.72. The summed E-state index contributed by atoms with van der Waals surface area (Å²) < 4.78 is 74.0. The molecule has 2 saturated heterocycles. The highest BCUT2D eigenvalue weighted by Crippen LogP contribution is 2.31. The summed E-state index contributed by atoms with van der Waals surface area (Å²) in [6.07, 6.45) is 4.06. The molecule has 1 amide bonds. The molecule has 4 aromatic rings. The van der Waals surface area contributed by atoms with E-state index >= 15 is 0 Å². The van der Waals surface area contributed by atoms with Crippen LogP contribution in [0.1, 0.15) is 49.6 Å². The van der Waals surface area contributed by atoms with Gasteiger partial charge in [-0.25, -0.2) is 23.5 Å². The van der Waals surface area contributed by atoms with Gasteiger partial charge in [-0.15, -0.1) is 0 Å². The molecule has 2 aromatic carbocycles. The number of halogens is 2. The highest BCUT2D eigenvalue weighted by Gasteiger charge is 2.34. The zero-order valence-corrected chi connectivity index (χ0v) is 28.6. The van der Waals surface area contributed by atoms with Gasteiger partial charge in [-0.1, -0.05) is 22.9 Å². The highest BCUT2D eigenvalue weighted by molar-refractivity contribution is 7.85. The zero-order valence-electron chi connectivity index (χ0n) is 27.8. The standard InChI is InChI=1S/C26H31F2N7O4.C7H8O3S/c1-15(2)38-26(36)34-7-5-18(6-8-34)37-14-23-32-24(33-39-23)16-10-30-25(31-11-16)35-12-20(22(29)13-35)19-9-17(27)3-4-21(19)28;1-6-2-4-7(5-3-6)11(8,9)10/h3-4,9-11,15,18,20,22H,5-8,12-14,29H2,1-2H3;2-5H,1H3,(H,8,9,10)/t20-,22+;/m1./s1. The Morgan fingerprint density at radius 2 is 1.76 bits per heavy atom. The smallest absolute Gasteiger partial charge is 0.410 e. The summed E-state index contributed by atoms with van der Waals surface area (Å²) in [6, 6.07) is 8.99. The maximum absolute atomic E-state index is 14.3. The van der Waals surface area contributed by atoms with Crippen LogP contribution in [-0.4, -0.2) is 88.5 Å². The Labute approximate surface area is 288 Å². The quantitative estimate of drug-likeness (QED) is 0.243. The number of nitrogens with two attached hydrogens (primary N) is 1. The minimum Gasteiger partial charge on any atom is -0.447 e. The second-order valence-electron chi connectivity index (χ2n) is 12.3. The topological polar surface area (TPSA) is 187 Å². The molecule has 0 bridgehead atoms. The Morgan fingerprint density at radius 3 is 2.40 bits per heavy atom. The number of hydrogen-bond donors (Lipinski definition) is 2. The molecule has 0 radical (unpaired) electrons. The van der Waals surface area contributed by atoms with E-state index in [1.165, 1.54) is 18.2 Å². The lowest BCUT2D eigenvalue weighted by Gasteiger charge is -2.31. The van der Waals surface area contributed by atoms with Crippen LogP contribution in [0.3, 0.4) is 0 Å². The van der Waals surface area contributed by atoms with Gasteiger partial charge in [-0.2, -0.15) is 13.4 Å². The van der Waals surface area contributed by atoms with Crippen LogP contribution in [0.25, 0.3) is 11.4 Å². The van der Waals surface area contributed by atoms with Gasteiger partial charge >= 0.3 is 6.09 Å². The van der Waals surface area contributed by atoms with E-state index in [1.807, 2.05) is 25.7 Å². The third-order valence-corrected chi connectivity index (χ3v) is 9.04. The van der Waals surface area contributed by atoms with Crippen molar-refractivity contribution in [1.29, 1.82) is 0 Å². The molecule has 4 heterocycles. The van der Waals surface area contributed by atoms with E-state index in [2.05, 4.69) is 20.1 Å². The molecule has 2 aliphatic heterocycles. The third-order valence-electron chi connectivity index (χ3n) is 8.17. The van der Waals surface area contributed by atoms with Gasteiger partial charge < -0.3 is 29.5 Å². The maximum atomic E-state index is 14.3. The van der Waals surface area contributed by atoms with Crippen LogP contribution in [0.15, 0.2) is 64.3 Å². The van der Waals surface area contributed by atoms with Crippen molar-refractivity contribution < 1.29 is 40.5 Å². The molecule has 6 rings (SSSR count). The molecule has 0 unspecified atom stereocenters. The monoisotopic (exact) mass is 715 g/mol. The van der Waals surface area contributed by atoms with Crippen LogP contribution in [-0.2, 0) is 26.2 Å². The minimum atomic E-state index is -4.02. The molecule has 14 nitrogen and oxygen atoms in total. The van der Waals surface area contributed by atoms with E-state index < -0.39 is 27.8 Å². The molecular weight excluding hydrogens is 676 g/mol. The van der Waals surface area contributed by atoms with Crippen molar-refractivity contribution in [1.82, 2.24) is 25.0 Å². The molecule has 2 atom stereocenters. The van der Waals surface area contributed by atoms with E-state index in [9.17, 15) is 22.0 Å². The van der Waals surface area contributed by atoms with Crippen LogP contribution in [0, 0.1) is 18.6 Å². The first-order valence-corrected chi connectivity index (χ1v) is 17.4. The number of aromatic nitrogens is 4. The zero-order chi connectivity index (χ0) is 36.0. The predicted octanol–water partition coefficient (Wildman–Crippen LogP) is 4.50. The molecule has 0 spiro atoms. The van der Waals surface area contributed by atoms with Gasteiger partial charge in [-0.3, -0.25) is 4.55 Å². The number of carbonyl (C=O) groups excluding carboxylic acids is 1. The highest BCUT2D eigenvalue weighted by atomic mass is 32.2. The lowest BCUT2D eigenvalue weighted by Crippen LogP contribution is -2.41. The number of benzene rings is 2. The van der Waals surface area contributed by atoms with Crippen molar-refractivity contribution in [3.8, 4) is 11.4 Å². The molecule has 50 heavy (non-hydrogen) atoms. The van der Waals surface area contributed by atoms with E-state index in [4.69, 9.17) is 24.3 Å². The van der Waals surface area contributed by atoms with E-state index in [0.717, 1.165) is 17.7 Å². The SMILES string of the molecule is CC(C)OC(=O)N1CCC(OCc2nc(-c3cnc(N4C[C@H](c5cc(F)ccc5F)[C@@H](N)C4)nc3)no2)CC1.Cc1ccc(S(=O)(=O)O)cc1. The fraction of sp³-hybridized carbons (Fsp3) is 0.424. The summed E-state index contributed by atoms with van der Waals surface area (Å²) in [5.41, 5.74) is 8.01. The van der Waals surface area contributed by atoms with Gasteiger partial charge in [0.25, 0.3) is 16.0 Å². The second kappa shape index (κ2) is 16.0. The molecule has 17 heteroatoms. The van der Waals surface area contributed by atoms with Gasteiger partial charge in [0.2, 0.25) is 11.8 Å². The molecule has 2 aromatic heterocycles. The molecule has 2 fully saturated rings. The second-order valence-corrected chi connectivity index (χ2v) is 13.8. The molecule has 0 saturated carbocycles. The van der Waals surface area contributed by atoms with Gasteiger partial charge in [0.1, 0.15) is 18.2 Å². The lowest BCUT2D eigenvalue weighted by atomic mass is 9.94. The summed E-state index contributed by atoms with van der Waals surface area (Å²) in [6.45, 7) is 7.54. The number of nitrogens with zero attached hydrogens (tertiary/aromatic N) is 6. The summed E-state index contributed by atoms with van der Waals surface area (Å²) in [5, 5.41) is 4.00. The number of carbonyl (C=O) groups is 1. The number of aryl methyl sites for hydroxylation is 1. The number of amides is 1. The van der Waals surface area contributed by atoms with Crippen molar-refractivity contribution in [3.63, 3.8) is 0 Å². The van der Waals surface area contributed by atoms with Crippen molar-refractivity contribution >= 4 is 22.2 Å². The number of hydrogen-bond acceptors (Lipinski definition) is 12. The van der Waals surface area contributed by atoms with E-state index in [0.29, 0.717) is 62.2 Å². The summed E-state index contributed by atoms with van der Waals surface area (Å²) in [4.78, 5) is 28.7. The number of rotatable bonds is 8. The van der Waals surface area contributed by atoms with Crippen molar-refractivity contribution in [2.45, 2.75) is 69.3 Å². The molecule has 268 valence electrons. The van der Waals surface area contributed by atoms with E-state index in [1.54, 1.807) is 29.4 Å². The van der Waals surface area contributed by atoms with Crippen molar-refractivity contribution in [2.24, 2.45) is 5.73 Å². The fourth-order valence-electron chi connectivity index (χ4n) is 5.53. The fourth-order valence-corrected chi connectivity index (χ4v) is 6.01. The van der Waals surface area contributed by atoms with Crippen molar-refractivity contribution in [2.75, 3.05) is 31.1 Å². The molecular formula is C33H39F2N7O7S. The Bertz CT molecular complexity index is 1850. The maximum Gasteiger partial charge on any atom is 0.410 e. The summed E-state index contributed by atoms with van der Waals surface area (Å²) >= 11 is 0. The first-order valence-electron chi connectivity index (χ1n) is 16.0. The van der Waals surface area contributed by atoms with Crippen LogP contribution in [0.5, 0.6) is 0 Å². The van der Waals surface area contributed by atoms with Gasteiger partial charge in [0.05, 0.1) is 22.7 Å². The number of piperidine rings is 1. The van der Waals surface area contributed by atoms with Crippen LogP contribution >= 0.6 is 0 Å². The molecule has 2 aliphatic rings. The minimum absolute atomic E-state index is 0.0254. The Morgan fingerprint density at radius 1 is 1.08 bits per heavy atom. The number of likely N-dealkylation sites (tertiary alicyclic amines) is 1. The summed E-state index contributed by atoms with van der Waals surface area (Å²) in [5.74, 6) is -0.306. The Hall–Kier alpha value is -4.58. The van der Waals surface area contributed by atoms with Gasteiger partial charge in [-0.05, 0) is 69.5 Å². The molecule has 3 N–H and O–H groups in total. The van der Waals surface area contributed by atoms with Crippen molar-refractivity contribution in [3.05, 3.63) is 83.5 Å².